The fourth-order valence-corrected chi connectivity index (χ4v) is 2.84. The summed E-state index contributed by atoms with van der Waals surface area (Å²) in [7, 11) is -4.60. The molecule has 0 aliphatic carbocycles. The summed E-state index contributed by atoms with van der Waals surface area (Å²) in [6.07, 6.45) is 0.483. The minimum absolute atomic E-state index is 0.0530. The predicted molar refractivity (Wildman–Crippen MR) is 69.0 cm³/mol. The Bertz CT molecular complexity index is 783. The number of carbonyl (C=O) groups is 1. The van der Waals surface area contributed by atoms with E-state index in [9.17, 15) is 26.4 Å². The Balaban J connectivity index is 2.45. The fourth-order valence-electron chi connectivity index (χ4n) is 1.67. The van der Waals surface area contributed by atoms with Gasteiger partial charge < -0.3 is 0 Å². The lowest BCUT2D eigenvalue weighted by atomic mass is 10.2. The molecule has 0 amide bonds. The zero-order chi connectivity index (χ0) is 15.6. The van der Waals surface area contributed by atoms with Gasteiger partial charge in [0.2, 0.25) is 0 Å². The molecule has 2 aromatic rings. The second-order valence-electron chi connectivity index (χ2n) is 4.05. The molecule has 2 aromatic carbocycles. The Labute approximate surface area is 118 Å². The fraction of sp³-hybridized carbons (Fsp3) is 0. The Morgan fingerprint density at radius 3 is 2.19 bits per heavy atom. The summed E-state index contributed by atoms with van der Waals surface area (Å²) in [6.45, 7) is 0. The first kappa shape index (κ1) is 15.0. The van der Waals surface area contributed by atoms with Gasteiger partial charge in [0.25, 0.3) is 10.0 Å². The summed E-state index contributed by atoms with van der Waals surface area (Å²) in [4.78, 5) is 9.31. The van der Waals surface area contributed by atoms with Crippen molar-refractivity contribution in [2.24, 2.45) is 0 Å². The maximum atomic E-state index is 13.5. The summed E-state index contributed by atoms with van der Waals surface area (Å²) < 4.78 is 65.6. The van der Waals surface area contributed by atoms with Crippen molar-refractivity contribution >= 4 is 22.0 Å². The number of halogens is 3. The number of sulfonamides is 1. The second-order valence-corrected chi connectivity index (χ2v) is 5.67. The van der Waals surface area contributed by atoms with Crippen molar-refractivity contribution < 1.29 is 26.4 Å². The molecule has 4 nitrogen and oxygen atoms in total. The molecule has 0 atom stereocenters. The standard InChI is InChI=1S/C13H8F3NO3S/c14-9-5-11(15)13(12(16)6-9)21(19,20)17-10-3-1-2-8(4-10)7-18/h1-7,17H. The van der Waals surface area contributed by atoms with E-state index in [0.717, 1.165) is 0 Å². The average Bonchev–Trinajstić information content (AvgIpc) is 2.36. The molecule has 0 fully saturated rings. The SMILES string of the molecule is O=Cc1cccc(NS(=O)(=O)c2c(F)cc(F)cc2F)c1. The number of anilines is 1. The van der Waals surface area contributed by atoms with Crippen LogP contribution in [0.25, 0.3) is 0 Å². The highest BCUT2D eigenvalue weighted by Gasteiger charge is 2.25. The maximum absolute atomic E-state index is 13.5. The summed E-state index contributed by atoms with van der Waals surface area (Å²) in [5, 5.41) is 0. The molecule has 0 aromatic heterocycles. The molecular formula is C13H8F3NO3S. The highest BCUT2D eigenvalue weighted by atomic mass is 32.2. The third-order valence-corrected chi connectivity index (χ3v) is 3.94. The topological polar surface area (TPSA) is 63.2 Å². The van der Waals surface area contributed by atoms with Crippen LogP contribution in [0.5, 0.6) is 0 Å². The molecular weight excluding hydrogens is 307 g/mol. The lowest BCUT2D eigenvalue weighted by Gasteiger charge is -2.10. The molecule has 1 N–H and O–H groups in total. The van der Waals surface area contributed by atoms with Crippen LogP contribution >= 0.6 is 0 Å². The van der Waals surface area contributed by atoms with E-state index >= 15 is 0 Å². The summed E-state index contributed by atoms with van der Waals surface area (Å²) in [5.41, 5.74) is 0.123. The van der Waals surface area contributed by atoms with Crippen molar-refractivity contribution in [3.05, 3.63) is 59.4 Å². The number of nitrogens with one attached hydrogen (secondary N) is 1. The van der Waals surface area contributed by atoms with Gasteiger partial charge in [0, 0.05) is 23.4 Å². The van der Waals surface area contributed by atoms with Crippen LogP contribution in [0.3, 0.4) is 0 Å². The van der Waals surface area contributed by atoms with E-state index in [1.54, 1.807) is 0 Å². The summed E-state index contributed by atoms with van der Waals surface area (Å²) in [5.74, 6) is -4.33. The van der Waals surface area contributed by atoms with Crippen molar-refractivity contribution in [1.82, 2.24) is 0 Å². The third-order valence-electron chi connectivity index (χ3n) is 2.51. The average molecular weight is 315 g/mol. The predicted octanol–water partition coefficient (Wildman–Crippen LogP) is 2.72. The largest absolute Gasteiger partial charge is 0.298 e. The summed E-state index contributed by atoms with van der Waals surface area (Å²) >= 11 is 0. The number of aldehydes is 1. The molecule has 0 unspecified atom stereocenters. The summed E-state index contributed by atoms with van der Waals surface area (Å²) in [6, 6.07) is 5.82. The maximum Gasteiger partial charge on any atom is 0.267 e. The molecule has 0 aliphatic rings. The van der Waals surface area contributed by atoms with E-state index in [4.69, 9.17) is 0 Å². The molecule has 8 heteroatoms. The number of hydrogen-bond acceptors (Lipinski definition) is 3. The van der Waals surface area contributed by atoms with Gasteiger partial charge in [-0.05, 0) is 12.1 Å². The molecule has 0 bridgehead atoms. The van der Waals surface area contributed by atoms with Crippen LogP contribution < -0.4 is 4.72 Å². The molecule has 2 rings (SSSR count). The van der Waals surface area contributed by atoms with E-state index in [2.05, 4.69) is 0 Å². The molecule has 110 valence electrons. The van der Waals surface area contributed by atoms with E-state index in [1.807, 2.05) is 4.72 Å². The van der Waals surface area contributed by atoms with Gasteiger partial charge >= 0.3 is 0 Å². The first-order valence-corrected chi connectivity index (χ1v) is 7.04. The normalized spacial score (nSPS) is 11.2. The minimum atomic E-state index is -4.60. The van der Waals surface area contributed by atoms with Crippen LogP contribution in [0, 0.1) is 17.5 Å². The zero-order valence-corrected chi connectivity index (χ0v) is 11.1. The molecule has 0 spiro atoms. The van der Waals surface area contributed by atoms with Crippen molar-refractivity contribution in [2.75, 3.05) is 4.72 Å². The van der Waals surface area contributed by atoms with Crippen LogP contribution in [0.2, 0.25) is 0 Å². The van der Waals surface area contributed by atoms with Crippen LogP contribution in [-0.2, 0) is 10.0 Å². The van der Waals surface area contributed by atoms with Gasteiger partial charge in [0.1, 0.15) is 23.7 Å². The van der Waals surface area contributed by atoms with Gasteiger partial charge in [-0.1, -0.05) is 12.1 Å². The van der Waals surface area contributed by atoms with Gasteiger partial charge in [-0.15, -0.1) is 0 Å². The minimum Gasteiger partial charge on any atom is -0.298 e. The van der Waals surface area contributed by atoms with E-state index < -0.39 is 32.4 Å². The zero-order valence-electron chi connectivity index (χ0n) is 10.3. The van der Waals surface area contributed by atoms with Crippen molar-refractivity contribution in [1.29, 1.82) is 0 Å². The van der Waals surface area contributed by atoms with Gasteiger partial charge in [-0.25, -0.2) is 21.6 Å². The van der Waals surface area contributed by atoms with Crippen LogP contribution in [0.15, 0.2) is 41.3 Å². The Morgan fingerprint density at radius 1 is 1.00 bits per heavy atom. The molecule has 0 aliphatic heterocycles. The first-order valence-electron chi connectivity index (χ1n) is 5.56. The lowest BCUT2D eigenvalue weighted by Crippen LogP contribution is -2.17. The second kappa shape index (κ2) is 5.57. The highest BCUT2D eigenvalue weighted by Crippen LogP contribution is 2.23. The number of rotatable bonds is 4. The number of benzene rings is 2. The molecule has 0 heterocycles. The first-order chi connectivity index (χ1) is 9.83. The lowest BCUT2D eigenvalue weighted by molar-refractivity contribution is 0.112. The number of carbonyl (C=O) groups excluding carboxylic acids is 1. The van der Waals surface area contributed by atoms with Crippen LogP contribution in [-0.4, -0.2) is 14.7 Å². The smallest absolute Gasteiger partial charge is 0.267 e. The molecule has 0 radical (unpaired) electrons. The highest BCUT2D eigenvalue weighted by molar-refractivity contribution is 7.92. The van der Waals surface area contributed by atoms with Crippen LogP contribution in [0.1, 0.15) is 10.4 Å². The quantitative estimate of drug-likeness (QED) is 0.882. The van der Waals surface area contributed by atoms with Gasteiger partial charge in [0.05, 0.1) is 0 Å². The van der Waals surface area contributed by atoms with E-state index in [0.29, 0.717) is 6.29 Å². The van der Waals surface area contributed by atoms with Gasteiger partial charge in [-0.3, -0.25) is 9.52 Å². The number of hydrogen-bond donors (Lipinski definition) is 1. The molecule has 0 saturated heterocycles. The van der Waals surface area contributed by atoms with Gasteiger partial charge in [-0.2, -0.15) is 0 Å². The third kappa shape index (κ3) is 3.22. The van der Waals surface area contributed by atoms with Crippen molar-refractivity contribution in [3.63, 3.8) is 0 Å². The Morgan fingerprint density at radius 2 is 1.62 bits per heavy atom. The monoisotopic (exact) mass is 315 g/mol. The van der Waals surface area contributed by atoms with Crippen molar-refractivity contribution in [3.8, 4) is 0 Å². The Hall–Kier alpha value is -2.35. The van der Waals surface area contributed by atoms with E-state index in [1.165, 1.54) is 24.3 Å². The van der Waals surface area contributed by atoms with Gasteiger partial charge in [0.15, 0.2) is 4.90 Å². The molecule has 0 saturated carbocycles. The Kier molecular flexibility index (Phi) is 3.99. The van der Waals surface area contributed by atoms with Crippen molar-refractivity contribution in [2.45, 2.75) is 4.90 Å². The van der Waals surface area contributed by atoms with Crippen LogP contribution in [0.4, 0.5) is 18.9 Å². The molecule has 21 heavy (non-hydrogen) atoms. The van der Waals surface area contributed by atoms with E-state index in [-0.39, 0.29) is 23.4 Å².